The molecular formula is C20H32ClIN4O2. The van der Waals surface area contributed by atoms with Crippen molar-refractivity contribution in [2.24, 2.45) is 4.99 Å². The van der Waals surface area contributed by atoms with Crippen LogP contribution in [0.3, 0.4) is 0 Å². The molecule has 28 heavy (non-hydrogen) atoms. The van der Waals surface area contributed by atoms with Crippen molar-refractivity contribution in [3.63, 3.8) is 0 Å². The fraction of sp³-hybridized carbons (Fsp3) is 0.650. The van der Waals surface area contributed by atoms with Gasteiger partial charge in [-0.1, -0.05) is 23.7 Å². The molecule has 0 bridgehead atoms. The van der Waals surface area contributed by atoms with Gasteiger partial charge < -0.3 is 24.6 Å². The number of nitrogens with one attached hydrogen (secondary N) is 1. The molecule has 2 heterocycles. The lowest BCUT2D eigenvalue weighted by atomic mass is 9.94. The van der Waals surface area contributed by atoms with Crippen LogP contribution in [0.25, 0.3) is 0 Å². The molecule has 2 aliphatic heterocycles. The van der Waals surface area contributed by atoms with Gasteiger partial charge in [-0.25, -0.2) is 0 Å². The van der Waals surface area contributed by atoms with Crippen LogP contribution >= 0.6 is 35.6 Å². The molecule has 2 aliphatic rings. The number of nitrogens with zero attached hydrogens (tertiary/aromatic N) is 3. The Morgan fingerprint density at radius 3 is 2.50 bits per heavy atom. The highest BCUT2D eigenvalue weighted by Gasteiger charge is 2.33. The lowest BCUT2D eigenvalue weighted by molar-refractivity contribution is -0.0829. The number of hydrogen-bond donors (Lipinski definition) is 1. The molecule has 3 rings (SSSR count). The number of guanidine groups is 1. The topological polar surface area (TPSA) is 49.3 Å². The minimum absolute atomic E-state index is 0. The van der Waals surface area contributed by atoms with Crippen molar-refractivity contribution in [2.75, 3.05) is 64.5 Å². The predicted octanol–water partition coefficient (Wildman–Crippen LogP) is 3.24. The van der Waals surface area contributed by atoms with Gasteiger partial charge in [0.1, 0.15) is 0 Å². The van der Waals surface area contributed by atoms with Gasteiger partial charge in [-0.05, 0) is 19.1 Å². The van der Waals surface area contributed by atoms with Crippen LogP contribution in [0, 0.1) is 0 Å². The molecule has 1 N–H and O–H groups in total. The summed E-state index contributed by atoms with van der Waals surface area (Å²) in [6.45, 7) is 8.81. The predicted molar refractivity (Wildman–Crippen MR) is 126 cm³/mol. The van der Waals surface area contributed by atoms with E-state index in [1.807, 2.05) is 18.2 Å². The molecular weight excluding hydrogens is 491 g/mol. The van der Waals surface area contributed by atoms with E-state index in [-0.39, 0.29) is 29.6 Å². The Hall–Kier alpha value is -0.770. The molecule has 0 radical (unpaired) electrons. The summed E-state index contributed by atoms with van der Waals surface area (Å²) in [5.41, 5.74) is 0.916. The Balaban J connectivity index is 0.00000280. The van der Waals surface area contributed by atoms with Crippen molar-refractivity contribution < 1.29 is 9.47 Å². The van der Waals surface area contributed by atoms with Gasteiger partial charge in [-0.15, -0.1) is 24.0 Å². The minimum atomic E-state index is -0.196. The molecule has 6 nitrogen and oxygen atoms in total. The SMILES string of the molecule is CCNC(=NCC1(OC)CCOCC1)N1CCN(c2ccccc2Cl)CC1.I. The maximum absolute atomic E-state index is 6.36. The maximum Gasteiger partial charge on any atom is 0.194 e. The second-order valence-electron chi connectivity index (χ2n) is 7.10. The van der Waals surface area contributed by atoms with E-state index in [1.54, 1.807) is 7.11 Å². The number of methoxy groups -OCH3 is 1. The quantitative estimate of drug-likeness (QED) is 0.366. The van der Waals surface area contributed by atoms with Crippen molar-refractivity contribution >= 4 is 47.2 Å². The van der Waals surface area contributed by atoms with Gasteiger partial charge in [-0.3, -0.25) is 4.99 Å². The van der Waals surface area contributed by atoms with Gasteiger partial charge in [0.05, 0.1) is 22.9 Å². The highest BCUT2D eigenvalue weighted by atomic mass is 127. The third-order valence-electron chi connectivity index (χ3n) is 5.46. The van der Waals surface area contributed by atoms with E-state index in [0.717, 1.165) is 75.4 Å². The fourth-order valence-electron chi connectivity index (χ4n) is 3.68. The zero-order chi connectivity index (χ0) is 19.1. The van der Waals surface area contributed by atoms with Crippen molar-refractivity contribution in [1.29, 1.82) is 0 Å². The molecule has 0 amide bonds. The molecule has 0 aromatic heterocycles. The summed E-state index contributed by atoms with van der Waals surface area (Å²) < 4.78 is 11.3. The molecule has 0 saturated carbocycles. The second kappa shape index (κ2) is 11.4. The number of rotatable bonds is 5. The van der Waals surface area contributed by atoms with Gasteiger partial charge in [0.15, 0.2) is 5.96 Å². The van der Waals surface area contributed by atoms with Gasteiger partial charge in [0.2, 0.25) is 0 Å². The Morgan fingerprint density at radius 2 is 1.89 bits per heavy atom. The lowest BCUT2D eigenvalue weighted by Crippen LogP contribution is -2.53. The second-order valence-corrected chi connectivity index (χ2v) is 7.50. The molecule has 1 aromatic rings. The normalized spacial score (nSPS) is 19.9. The van der Waals surface area contributed by atoms with Crippen molar-refractivity contribution in [3.05, 3.63) is 29.3 Å². The summed E-state index contributed by atoms with van der Waals surface area (Å²) in [6, 6.07) is 8.05. The molecule has 0 unspecified atom stereocenters. The lowest BCUT2D eigenvalue weighted by Gasteiger charge is -2.39. The van der Waals surface area contributed by atoms with E-state index in [1.165, 1.54) is 0 Å². The van der Waals surface area contributed by atoms with Crippen LogP contribution < -0.4 is 10.2 Å². The number of hydrogen-bond acceptors (Lipinski definition) is 4. The zero-order valence-corrected chi connectivity index (χ0v) is 19.9. The number of benzene rings is 1. The summed E-state index contributed by atoms with van der Waals surface area (Å²) in [7, 11) is 1.79. The largest absolute Gasteiger partial charge is 0.381 e. The van der Waals surface area contributed by atoms with Crippen LogP contribution in [0.5, 0.6) is 0 Å². The number of ether oxygens (including phenoxy) is 2. The molecule has 2 saturated heterocycles. The molecule has 0 atom stereocenters. The summed E-state index contributed by atoms with van der Waals surface area (Å²) >= 11 is 6.36. The van der Waals surface area contributed by atoms with E-state index >= 15 is 0 Å². The van der Waals surface area contributed by atoms with Gasteiger partial charge in [-0.2, -0.15) is 0 Å². The summed E-state index contributed by atoms with van der Waals surface area (Å²) in [5, 5.41) is 4.26. The van der Waals surface area contributed by atoms with Crippen molar-refractivity contribution in [1.82, 2.24) is 10.2 Å². The maximum atomic E-state index is 6.36. The van der Waals surface area contributed by atoms with E-state index < -0.39 is 0 Å². The first-order chi connectivity index (χ1) is 13.2. The summed E-state index contributed by atoms with van der Waals surface area (Å²) in [6.07, 6.45) is 1.79. The van der Waals surface area contributed by atoms with Crippen molar-refractivity contribution in [3.8, 4) is 0 Å². The van der Waals surface area contributed by atoms with Gasteiger partial charge >= 0.3 is 0 Å². The molecule has 0 aliphatic carbocycles. The van der Waals surface area contributed by atoms with Crippen LogP contribution in [0.15, 0.2) is 29.3 Å². The molecule has 158 valence electrons. The molecule has 2 fully saturated rings. The van der Waals surface area contributed by atoms with Crippen LogP contribution in [-0.2, 0) is 9.47 Å². The minimum Gasteiger partial charge on any atom is -0.381 e. The smallest absolute Gasteiger partial charge is 0.194 e. The Labute approximate surface area is 190 Å². The highest BCUT2D eigenvalue weighted by molar-refractivity contribution is 14.0. The first-order valence-electron chi connectivity index (χ1n) is 9.83. The van der Waals surface area contributed by atoms with Crippen molar-refractivity contribution in [2.45, 2.75) is 25.4 Å². The number of halogens is 2. The third kappa shape index (κ3) is 5.87. The Bertz CT molecular complexity index is 632. The number of piperazine rings is 1. The molecule has 8 heteroatoms. The van der Waals surface area contributed by atoms with Crippen LogP contribution in [0.2, 0.25) is 5.02 Å². The van der Waals surface area contributed by atoms with E-state index in [2.05, 4.69) is 28.1 Å². The van der Waals surface area contributed by atoms with Gasteiger partial charge in [0.25, 0.3) is 0 Å². The standard InChI is InChI=1S/C20H31ClN4O2.HI/c1-3-22-19(23-16-20(26-2)8-14-27-15-9-20)25-12-10-24(11-13-25)18-7-5-4-6-17(18)21;/h4-7H,3,8-16H2,1-2H3,(H,22,23);1H. The number of anilines is 1. The Morgan fingerprint density at radius 1 is 1.21 bits per heavy atom. The van der Waals surface area contributed by atoms with E-state index in [9.17, 15) is 0 Å². The van der Waals surface area contributed by atoms with E-state index in [0.29, 0.717) is 6.54 Å². The third-order valence-corrected chi connectivity index (χ3v) is 5.78. The molecule has 1 aromatic carbocycles. The summed E-state index contributed by atoms with van der Waals surface area (Å²) in [4.78, 5) is 9.60. The zero-order valence-electron chi connectivity index (χ0n) is 16.8. The summed E-state index contributed by atoms with van der Waals surface area (Å²) in [5.74, 6) is 0.972. The van der Waals surface area contributed by atoms with Crippen LogP contribution in [-0.4, -0.2) is 76.1 Å². The average molecular weight is 523 g/mol. The van der Waals surface area contributed by atoms with E-state index in [4.69, 9.17) is 26.1 Å². The highest BCUT2D eigenvalue weighted by Crippen LogP contribution is 2.27. The first-order valence-corrected chi connectivity index (χ1v) is 10.2. The fourth-order valence-corrected chi connectivity index (χ4v) is 3.94. The molecule has 0 spiro atoms. The first kappa shape index (κ1) is 23.5. The monoisotopic (exact) mass is 522 g/mol. The van der Waals surface area contributed by atoms with Gasteiger partial charge in [0, 0.05) is 65.9 Å². The number of aliphatic imine (C=N–C) groups is 1. The Kier molecular flexibility index (Phi) is 9.59. The number of para-hydroxylation sites is 1. The van der Waals surface area contributed by atoms with Crippen LogP contribution in [0.4, 0.5) is 5.69 Å². The van der Waals surface area contributed by atoms with Crippen LogP contribution in [0.1, 0.15) is 19.8 Å². The average Bonchev–Trinajstić information content (AvgIpc) is 2.72.